The maximum absolute atomic E-state index is 6.12. The molecule has 0 spiro atoms. The van der Waals surface area contributed by atoms with E-state index in [1.165, 1.54) is 0 Å². The SMILES string of the molecule is COc1cc(CCl)c(Cl)cc1OCc1ccccc1. The van der Waals surface area contributed by atoms with Crippen molar-refractivity contribution in [2.24, 2.45) is 0 Å². The molecular formula is C15H14Cl2O2. The van der Waals surface area contributed by atoms with Crippen LogP contribution in [0.25, 0.3) is 0 Å². The maximum Gasteiger partial charge on any atom is 0.163 e. The summed E-state index contributed by atoms with van der Waals surface area (Å²) in [6.45, 7) is 0.466. The summed E-state index contributed by atoms with van der Waals surface area (Å²) in [7, 11) is 1.59. The Morgan fingerprint density at radius 1 is 1.05 bits per heavy atom. The predicted molar refractivity (Wildman–Crippen MR) is 78.3 cm³/mol. The van der Waals surface area contributed by atoms with Crippen molar-refractivity contribution in [1.29, 1.82) is 0 Å². The minimum absolute atomic E-state index is 0.341. The van der Waals surface area contributed by atoms with Crippen LogP contribution in [0.3, 0.4) is 0 Å². The van der Waals surface area contributed by atoms with E-state index in [9.17, 15) is 0 Å². The van der Waals surface area contributed by atoms with Crippen LogP contribution in [0.1, 0.15) is 11.1 Å². The zero-order chi connectivity index (χ0) is 13.7. The summed E-state index contributed by atoms with van der Waals surface area (Å²) >= 11 is 11.9. The highest BCUT2D eigenvalue weighted by molar-refractivity contribution is 6.32. The van der Waals surface area contributed by atoms with Gasteiger partial charge in [-0.25, -0.2) is 0 Å². The van der Waals surface area contributed by atoms with Crippen molar-refractivity contribution in [2.75, 3.05) is 7.11 Å². The largest absolute Gasteiger partial charge is 0.493 e. The van der Waals surface area contributed by atoms with Crippen LogP contribution in [-0.2, 0) is 12.5 Å². The summed E-state index contributed by atoms with van der Waals surface area (Å²) in [6.07, 6.45) is 0. The lowest BCUT2D eigenvalue weighted by atomic mass is 10.2. The number of hydrogen-bond acceptors (Lipinski definition) is 2. The van der Waals surface area contributed by atoms with Gasteiger partial charge in [0.25, 0.3) is 0 Å². The number of ether oxygens (including phenoxy) is 2. The summed E-state index contributed by atoms with van der Waals surface area (Å²) in [5, 5.41) is 0.582. The highest BCUT2D eigenvalue weighted by Gasteiger charge is 2.10. The molecule has 0 fully saturated rings. The molecule has 19 heavy (non-hydrogen) atoms. The molecule has 0 unspecified atom stereocenters. The van der Waals surface area contributed by atoms with Gasteiger partial charge in [-0.15, -0.1) is 11.6 Å². The molecule has 2 aromatic rings. The van der Waals surface area contributed by atoms with Crippen molar-refractivity contribution in [3.63, 3.8) is 0 Å². The van der Waals surface area contributed by atoms with Crippen LogP contribution in [0, 0.1) is 0 Å². The predicted octanol–water partition coefficient (Wildman–Crippen LogP) is 4.67. The zero-order valence-corrected chi connectivity index (χ0v) is 12.0. The Balaban J connectivity index is 2.18. The Morgan fingerprint density at radius 3 is 2.42 bits per heavy atom. The van der Waals surface area contributed by atoms with E-state index in [1.807, 2.05) is 30.3 Å². The van der Waals surface area contributed by atoms with Crippen molar-refractivity contribution in [2.45, 2.75) is 12.5 Å². The molecule has 0 heterocycles. The number of alkyl halides is 1. The summed E-state index contributed by atoms with van der Waals surface area (Å²) in [5.41, 5.74) is 1.91. The second-order valence-corrected chi connectivity index (χ2v) is 4.68. The van der Waals surface area contributed by atoms with Gasteiger partial charge in [0.1, 0.15) is 6.61 Å². The molecular weight excluding hydrogens is 283 g/mol. The van der Waals surface area contributed by atoms with Crippen LogP contribution in [0.4, 0.5) is 0 Å². The average Bonchev–Trinajstić information content (AvgIpc) is 2.46. The highest BCUT2D eigenvalue weighted by atomic mass is 35.5. The average molecular weight is 297 g/mol. The van der Waals surface area contributed by atoms with Crippen LogP contribution < -0.4 is 9.47 Å². The van der Waals surface area contributed by atoms with E-state index in [-0.39, 0.29) is 0 Å². The second kappa shape index (κ2) is 6.69. The summed E-state index contributed by atoms with van der Waals surface area (Å²) in [6, 6.07) is 13.5. The van der Waals surface area contributed by atoms with Crippen molar-refractivity contribution in [3.05, 3.63) is 58.6 Å². The normalized spacial score (nSPS) is 10.3. The fraction of sp³-hybridized carbons (Fsp3) is 0.200. The third-order valence-electron chi connectivity index (χ3n) is 2.71. The number of methoxy groups -OCH3 is 1. The van der Waals surface area contributed by atoms with Gasteiger partial charge in [-0.2, -0.15) is 0 Å². The van der Waals surface area contributed by atoms with Gasteiger partial charge in [-0.05, 0) is 17.2 Å². The Kier molecular flexibility index (Phi) is 4.94. The third-order valence-corrected chi connectivity index (χ3v) is 3.35. The number of halogens is 2. The van der Waals surface area contributed by atoms with Gasteiger partial charge < -0.3 is 9.47 Å². The molecule has 0 bridgehead atoms. The summed E-state index contributed by atoms with van der Waals surface area (Å²) in [4.78, 5) is 0. The standard InChI is InChI=1S/C15H14Cl2O2/c1-18-14-7-12(9-16)13(17)8-15(14)19-10-11-5-3-2-4-6-11/h2-8H,9-10H2,1H3. The highest BCUT2D eigenvalue weighted by Crippen LogP contribution is 2.34. The lowest BCUT2D eigenvalue weighted by Crippen LogP contribution is -1.98. The first-order valence-electron chi connectivity index (χ1n) is 5.83. The zero-order valence-electron chi connectivity index (χ0n) is 10.5. The minimum Gasteiger partial charge on any atom is -0.493 e. The smallest absolute Gasteiger partial charge is 0.163 e. The molecule has 0 amide bonds. The molecule has 0 radical (unpaired) electrons. The molecule has 0 aliphatic rings. The van der Waals surface area contributed by atoms with E-state index in [2.05, 4.69) is 0 Å². The van der Waals surface area contributed by atoms with Gasteiger partial charge in [0.05, 0.1) is 7.11 Å². The first-order valence-corrected chi connectivity index (χ1v) is 6.75. The van der Waals surface area contributed by atoms with Crippen molar-refractivity contribution in [1.82, 2.24) is 0 Å². The number of benzene rings is 2. The van der Waals surface area contributed by atoms with Crippen LogP contribution in [-0.4, -0.2) is 7.11 Å². The lowest BCUT2D eigenvalue weighted by Gasteiger charge is -2.13. The van der Waals surface area contributed by atoms with E-state index in [1.54, 1.807) is 19.2 Å². The second-order valence-electron chi connectivity index (χ2n) is 4.00. The van der Waals surface area contributed by atoms with E-state index in [0.29, 0.717) is 29.0 Å². The first-order chi connectivity index (χ1) is 9.24. The van der Waals surface area contributed by atoms with E-state index in [4.69, 9.17) is 32.7 Å². The number of hydrogen-bond donors (Lipinski definition) is 0. The molecule has 0 atom stereocenters. The monoisotopic (exact) mass is 296 g/mol. The van der Waals surface area contributed by atoms with Crippen molar-refractivity contribution in [3.8, 4) is 11.5 Å². The number of rotatable bonds is 5. The van der Waals surface area contributed by atoms with E-state index in [0.717, 1.165) is 11.1 Å². The lowest BCUT2D eigenvalue weighted by molar-refractivity contribution is 0.284. The van der Waals surface area contributed by atoms with E-state index < -0.39 is 0 Å². The fourth-order valence-electron chi connectivity index (χ4n) is 1.69. The Bertz CT molecular complexity index is 541. The van der Waals surface area contributed by atoms with Crippen LogP contribution in [0.5, 0.6) is 11.5 Å². The molecule has 100 valence electrons. The van der Waals surface area contributed by atoms with Gasteiger partial charge in [0.15, 0.2) is 11.5 Å². The fourth-order valence-corrected chi connectivity index (χ4v) is 2.20. The summed E-state index contributed by atoms with van der Waals surface area (Å²) in [5.74, 6) is 1.59. The van der Waals surface area contributed by atoms with Gasteiger partial charge in [-0.1, -0.05) is 41.9 Å². The molecule has 0 saturated heterocycles. The minimum atomic E-state index is 0.341. The van der Waals surface area contributed by atoms with Crippen LogP contribution in [0.2, 0.25) is 5.02 Å². The molecule has 2 aromatic carbocycles. The van der Waals surface area contributed by atoms with Gasteiger partial charge in [0.2, 0.25) is 0 Å². The topological polar surface area (TPSA) is 18.5 Å². The van der Waals surface area contributed by atoms with Gasteiger partial charge in [-0.3, -0.25) is 0 Å². The molecule has 0 aliphatic carbocycles. The molecule has 0 saturated carbocycles. The molecule has 2 rings (SSSR count). The maximum atomic E-state index is 6.12. The molecule has 0 N–H and O–H groups in total. The Labute approximate surface area is 122 Å². The molecule has 0 aliphatic heterocycles. The van der Waals surface area contributed by atoms with Gasteiger partial charge in [0, 0.05) is 17.0 Å². The molecule has 2 nitrogen and oxygen atoms in total. The van der Waals surface area contributed by atoms with Crippen LogP contribution in [0.15, 0.2) is 42.5 Å². The quantitative estimate of drug-likeness (QED) is 0.747. The van der Waals surface area contributed by atoms with E-state index >= 15 is 0 Å². The van der Waals surface area contributed by atoms with Crippen molar-refractivity contribution >= 4 is 23.2 Å². The Hall–Kier alpha value is -1.38. The first kappa shape index (κ1) is 14.0. The van der Waals surface area contributed by atoms with Crippen molar-refractivity contribution < 1.29 is 9.47 Å². The van der Waals surface area contributed by atoms with Gasteiger partial charge >= 0.3 is 0 Å². The molecule has 4 heteroatoms. The third kappa shape index (κ3) is 3.55. The summed E-state index contributed by atoms with van der Waals surface area (Å²) < 4.78 is 11.0. The molecule has 0 aromatic heterocycles. The Morgan fingerprint density at radius 2 is 1.79 bits per heavy atom. The van der Waals surface area contributed by atoms with Crippen LogP contribution >= 0.6 is 23.2 Å².